The Bertz CT molecular complexity index is 534. The molecule has 1 atom stereocenters. The average Bonchev–Trinajstić information content (AvgIpc) is 2.34. The molecular weight excluding hydrogens is 279 g/mol. The van der Waals surface area contributed by atoms with Crippen molar-refractivity contribution < 1.29 is 49.3 Å². The van der Waals surface area contributed by atoms with E-state index in [0.717, 1.165) is 12.1 Å². The molecule has 102 valence electrons. The summed E-state index contributed by atoms with van der Waals surface area (Å²) in [5.74, 6) is -1.64. The number of carboxylic acid groups (broad SMARTS) is 1. The molecule has 1 aromatic rings. The molecule has 0 bridgehead atoms. The van der Waals surface area contributed by atoms with E-state index in [0.29, 0.717) is 0 Å². The molecule has 0 spiro atoms. The van der Waals surface area contributed by atoms with Gasteiger partial charge in [0, 0.05) is 17.6 Å². The summed E-state index contributed by atoms with van der Waals surface area (Å²) in [7, 11) is 0. The molecule has 0 aliphatic heterocycles. The molecule has 0 heterocycles. The second-order valence-corrected chi connectivity index (χ2v) is 4.07. The molecule has 1 unspecified atom stereocenters. The minimum absolute atomic E-state index is 0. The Morgan fingerprint density at radius 3 is 2.30 bits per heavy atom. The Hall–Kier alpha value is -1.51. The van der Waals surface area contributed by atoms with Gasteiger partial charge in [0.25, 0.3) is 11.4 Å². The summed E-state index contributed by atoms with van der Waals surface area (Å²) in [5, 5.41) is 31.8. The van der Waals surface area contributed by atoms with Gasteiger partial charge in [-0.3, -0.25) is 20.2 Å². The van der Waals surface area contributed by atoms with Crippen molar-refractivity contribution in [2.24, 2.45) is 0 Å². The first-order valence-corrected chi connectivity index (χ1v) is 5.45. The van der Waals surface area contributed by atoms with Crippen LogP contribution in [0.4, 0.5) is 11.4 Å². The van der Waals surface area contributed by atoms with Crippen LogP contribution >= 0.6 is 0 Å². The summed E-state index contributed by atoms with van der Waals surface area (Å²) < 4.78 is 0. The molecule has 0 saturated carbocycles. The fourth-order valence-corrected chi connectivity index (χ4v) is 1.71. The topological polar surface area (TPSA) is 126 Å². The normalized spacial score (nSPS) is 11.2. The van der Waals surface area contributed by atoms with E-state index < -0.39 is 21.7 Å². The molecule has 0 radical (unpaired) electrons. The van der Waals surface area contributed by atoms with E-state index in [9.17, 15) is 30.1 Å². The molecule has 8 nitrogen and oxygen atoms in total. The summed E-state index contributed by atoms with van der Waals surface area (Å²) in [6.07, 6.45) is -0.0592. The number of hydrogen-bond acceptors (Lipinski definition) is 6. The van der Waals surface area contributed by atoms with Crippen molar-refractivity contribution in [1.82, 2.24) is 0 Å². The first-order valence-electron chi connectivity index (χ1n) is 5.45. The standard InChI is InChI=1S/C11H12N2O6.Na/c1-7(2-5-11(14)15)9-4-3-8(12(16)17)6-10(9)13(18)19;/h3-4,6-7H,2,5H2,1H3,(H,14,15);/q;+1/p-1. The number of carboxylic acids is 1. The Morgan fingerprint density at radius 1 is 1.25 bits per heavy atom. The molecule has 1 aromatic carbocycles. The van der Waals surface area contributed by atoms with Gasteiger partial charge in [0.15, 0.2) is 0 Å². The molecule has 20 heavy (non-hydrogen) atoms. The third kappa shape index (κ3) is 4.87. The van der Waals surface area contributed by atoms with E-state index in [1.165, 1.54) is 6.07 Å². The van der Waals surface area contributed by atoms with E-state index in [1.54, 1.807) is 6.92 Å². The van der Waals surface area contributed by atoms with E-state index in [1.807, 2.05) is 0 Å². The number of carbonyl (C=O) groups is 1. The third-order valence-corrected chi connectivity index (χ3v) is 2.73. The molecule has 0 saturated heterocycles. The van der Waals surface area contributed by atoms with E-state index >= 15 is 0 Å². The van der Waals surface area contributed by atoms with Crippen molar-refractivity contribution in [3.05, 3.63) is 44.0 Å². The molecule has 0 aliphatic carbocycles. The van der Waals surface area contributed by atoms with Crippen molar-refractivity contribution in [3.8, 4) is 0 Å². The second kappa shape index (κ2) is 7.93. The zero-order valence-corrected chi connectivity index (χ0v) is 13.1. The van der Waals surface area contributed by atoms with E-state index in [4.69, 9.17) is 0 Å². The van der Waals surface area contributed by atoms with Gasteiger partial charge in [-0.2, -0.15) is 0 Å². The number of non-ortho nitro benzene ring substituents is 1. The fraction of sp³-hybridized carbons (Fsp3) is 0.364. The predicted octanol–water partition coefficient (Wildman–Crippen LogP) is -1.86. The van der Waals surface area contributed by atoms with Gasteiger partial charge in [-0.05, 0) is 24.8 Å². The summed E-state index contributed by atoms with van der Waals surface area (Å²) in [5.41, 5.74) is -0.473. The summed E-state index contributed by atoms with van der Waals surface area (Å²) in [4.78, 5) is 30.4. The van der Waals surface area contributed by atoms with Crippen LogP contribution in [0.25, 0.3) is 0 Å². The Morgan fingerprint density at radius 2 is 1.85 bits per heavy atom. The maximum Gasteiger partial charge on any atom is 1.00 e. The number of nitro groups is 2. The maximum absolute atomic E-state index is 10.9. The Kier molecular flexibility index (Phi) is 7.33. The number of carbonyl (C=O) groups excluding carboxylic acids is 1. The van der Waals surface area contributed by atoms with Gasteiger partial charge in [-0.15, -0.1) is 0 Å². The van der Waals surface area contributed by atoms with Crippen LogP contribution in [0, 0.1) is 20.2 Å². The SMILES string of the molecule is CC(CCC(=O)[O-])c1ccc([N+](=O)[O-])cc1[N+](=O)[O-].[Na+]. The minimum atomic E-state index is -1.24. The summed E-state index contributed by atoms with van der Waals surface area (Å²) in [6, 6.07) is 3.33. The van der Waals surface area contributed by atoms with Crippen LogP contribution < -0.4 is 34.7 Å². The first kappa shape index (κ1) is 18.5. The van der Waals surface area contributed by atoms with Crippen molar-refractivity contribution in [2.75, 3.05) is 0 Å². The number of rotatable bonds is 6. The van der Waals surface area contributed by atoms with Crippen LogP contribution in [-0.2, 0) is 4.79 Å². The predicted molar refractivity (Wildman–Crippen MR) is 62.4 cm³/mol. The summed E-state index contributed by atoms with van der Waals surface area (Å²) >= 11 is 0. The van der Waals surface area contributed by atoms with Gasteiger partial charge in [0.1, 0.15) is 0 Å². The number of hydrogen-bond donors (Lipinski definition) is 0. The third-order valence-electron chi connectivity index (χ3n) is 2.73. The first-order chi connectivity index (χ1) is 8.82. The molecule has 0 fully saturated rings. The van der Waals surface area contributed by atoms with Crippen LogP contribution in [0.2, 0.25) is 0 Å². The quantitative estimate of drug-likeness (QED) is 0.343. The molecule has 0 amide bonds. The van der Waals surface area contributed by atoms with Gasteiger partial charge < -0.3 is 9.90 Å². The number of nitrogens with zero attached hydrogens (tertiary/aromatic N) is 2. The van der Waals surface area contributed by atoms with Crippen LogP contribution in [0.3, 0.4) is 0 Å². The average molecular weight is 290 g/mol. The monoisotopic (exact) mass is 290 g/mol. The zero-order chi connectivity index (χ0) is 14.6. The van der Waals surface area contributed by atoms with Gasteiger partial charge in [-0.25, -0.2) is 0 Å². The van der Waals surface area contributed by atoms with Crippen molar-refractivity contribution >= 4 is 17.3 Å². The van der Waals surface area contributed by atoms with Crippen molar-refractivity contribution in [3.63, 3.8) is 0 Å². The maximum atomic E-state index is 10.9. The number of nitro benzene ring substituents is 2. The Balaban J connectivity index is 0.00000361. The largest absolute Gasteiger partial charge is 1.00 e. The van der Waals surface area contributed by atoms with Gasteiger partial charge in [0.2, 0.25) is 0 Å². The van der Waals surface area contributed by atoms with Gasteiger partial charge >= 0.3 is 29.6 Å². The van der Waals surface area contributed by atoms with Gasteiger partial charge in [-0.1, -0.05) is 6.92 Å². The number of benzene rings is 1. The van der Waals surface area contributed by atoms with E-state index in [2.05, 4.69) is 0 Å². The summed E-state index contributed by atoms with van der Waals surface area (Å²) in [6.45, 7) is 1.62. The van der Waals surface area contributed by atoms with E-state index in [-0.39, 0.29) is 59.3 Å². The van der Waals surface area contributed by atoms with Crippen molar-refractivity contribution in [2.45, 2.75) is 25.7 Å². The Labute approximate surface area is 136 Å². The number of aliphatic carboxylic acids is 1. The van der Waals surface area contributed by atoms with Crippen LogP contribution in [-0.4, -0.2) is 15.8 Å². The van der Waals surface area contributed by atoms with Gasteiger partial charge in [0.05, 0.1) is 15.9 Å². The van der Waals surface area contributed by atoms with Crippen molar-refractivity contribution in [1.29, 1.82) is 0 Å². The van der Waals surface area contributed by atoms with Crippen LogP contribution in [0.1, 0.15) is 31.2 Å². The smallest absolute Gasteiger partial charge is 0.550 e. The second-order valence-electron chi connectivity index (χ2n) is 4.07. The minimum Gasteiger partial charge on any atom is -0.550 e. The van der Waals surface area contributed by atoms with Crippen LogP contribution in [0.15, 0.2) is 18.2 Å². The molecule has 0 aromatic heterocycles. The molecular formula is C11H11N2NaO6. The van der Waals surface area contributed by atoms with Crippen LogP contribution in [0.5, 0.6) is 0 Å². The molecule has 0 N–H and O–H groups in total. The molecule has 9 heteroatoms. The molecule has 0 aliphatic rings. The fourth-order valence-electron chi connectivity index (χ4n) is 1.71. The molecule has 1 rings (SSSR count). The zero-order valence-electron chi connectivity index (χ0n) is 11.1.